The number of aromatic nitrogens is 1. The number of fused-ring (bicyclic) bond motifs is 5. The summed E-state index contributed by atoms with van der Waals surface area (Å²) in [7, 11) is 0. The Bertz CT molecular complexity index is 1010. The van der Waals surface area contributed by atoms with Gasteiger partial charge in [-0.05, 0) is 35.9 Å². The fraction of sp³-hybridized carbons (Fsp3) is 0.143. The molecule has 0 spiro atoms. The van der Waals surface area contributed by atoms with Gasteiger partial charge in [0.05, 0.1) is 30.4 Å². The standard InChI is InChI=1S/C21H17N3O2/c25-20-13-19-18-11-6-12-22(18)17-10-5-4-7-15(17)14-23(19)21(26)24(20)16-8-2-1-3-9-16/h1-12,19H,13-14H2. The van der Waals surface area contributed by atoms with E-state index in [0.29, 0.717) is 12.2 Å². The summed E-state index contributed by atoms with van der Waals surface area (Å²) >= 11 is 0. The number of amides is 3. The third-order valence-corrected chi connectivity index (χ3v) is 5.16. The van der Waals surface area contributed by atoms with Crippen molar-refractivity contribution < 1.29 is 9.59 Å². The second kappa shape index (κ2) is 5.59. The number of hydrogen-bond donors (Lipinski definition) is 0. The second-order valence-corrected chi connectivity index (χ2v) is 6.63. The first-order valence-electron chi connectivity index (χ1n) is 8.68. The lowest BCUT2D eigenvalue weighted by molar-refractivity contribution is -0.120. The first-order chi connectivity index (χ1) is 12.7. The van der Waals surface area contributed by atoms with Crippen molar-refractivity contribution in [2.45, 2.75) is 19.0 Å². The van der Waals surface area contributed by atoms with Crippen molar-refractivity contribution in [1.82, 2.24) is 9.47 Å². The molecule has 2 aliphatic rings. The van der Waals surface area contributed by atoms with E-state index in [9.17, 15) is 9.59 Å². The first kappa shape index (κ1) is 15.0. The minimum absolute atomic E-state index is 0.166. The van der Waals surface area contributed by atoms with Crippen LogP contribution < -0.4 is 4.90 Å². The molecule has 0 radical (unpaired) electrons. The predicted octanol–water partition coefficient (Wildman–Crippen LogP) is 3.89. The number of nitrogens with zero attached hydrogens (tertiary/aromatic N) is 3. The minimum atomic E-state index is -0.262. The summed E-state index contributed by atoms with van der Waals surface area (Å²) in [5.74, 6) is -0.166. The lowest BCUT2D eigenvalue weighted by atomic mass is 10.0. The number of anilines is 1. The van der Waals surface area contributed by atoms with Crippen LogP contribution in [0, 0.1) is 0 Å². The van der Waals surface area contributed by atoms with Gasteiger partial charge in [0.1, 0.15) is 0 Å². The van der Waals surface area contributed by atoms with Gasteiger partial charge in [-0.25, -0.2) is 9.69 Å². The van der Waals surface area contributed by atoms with Gasteiger partial charge in [-0.1, -0.05) is 36.4 Å². The summed E-state index contributed by atoms with van der Waals surface area (Å²) in [4.78, 5) is 29.2. The van der Waals surface area contributed by atoms with Gasteiger partial charge in [-0.2, -0.15) is 0 Å². The largest absolute Gasteiger partial charge is 0.332 e. The minimum Gasteiger partial charge on any atom is -0.318 e. The molecule has 1 aromatic heterocycles. The zero-order valence-electron chi connectivity index (χ0n) is 14.1. The van der Waals surface area contributed by atoms with Crippen LogP contribution in [0.5, 0.6) is 0 Å². The van der Waals surface area contributed by atoms with Crippen LogP contribution in [0.25, 0.3) is 5.69 Å². The van der Waals surface area contributed by atoms with E-state index in [4.69, 9.17) is 0 Å². The Hall–Kier alpha value is -3.34. The average molecular weight is 343 g/mol. The summed E-state index contributed by atoms with van der Waals surface area (Å²) in [5.41, 5.74) is 3.73. The maximum Gasteiger partial charge on any atom is 0.332 e. The van der Waals surface area contributed by atoms with E-state index in [1.807, 2.05) is 59.6 Å². The topological polar surface area (TPSA) is 45.6 Å². The maximum absolute atomic E-state index is 13.3. The third-order valence-electron chi connectivity index (χ3n) is 5.16. The van der Waals surface area contributed by atoms with Gasteiger partial charge >= 0.3 is 6.03 Å². The molecule has 1 fully saturated rings. The molecule has 1 unspecified atom stereocenters. The Kier molecular flexibility index (Phi) is 3.22. The quantitative estimate of drug-likeness (QED) is 0.673. The molecule has 1 atom stereocenters. The van der Waals surface area contributed by atoms with Crippen LogP contribution >= 0.6 is 0 Å². The Morgan fingerprint density at radius 1 is 0.846 bits per heavy atom. The molecule has 0 bridgehead atoms. The highest BCUT2D eigenvalue weighted by Gasteiger charge is 2.42. The number of carbonyl (C=O) groups is 2. The molecule has 26 heavy (non-hydrogen) atoms. The third kappa shape index (κ3) is 2.10. The highest BCUT2D eigenvalue weighted by Crippen LogP contribution is 2.38. The number of hydrogen-bond acceptors (Lipinski definition) is 2. The molecule has 0 N–H and O–H groups in total. The molecule has 3 heterocycles. The molecular weight excluding hydrogens is 326 g/mol. The highest BCUT2D eigenvalue weighted by atomic mass is 16.2. The number of rotatable bonds is 1. The molecule has 3 amide bonds. The van der Waals surface area contributed by atoms with Crippen molar-refractivity contribution in [2.75, 3.05) is 4.90 Å². The lowest BCUT2D eigenvalue weighted by Crippen LogP contribution is -2.53. The summed E-state index contributed by atoms with van der Waals surface area (Å²) < 4.78 is 2.10. The van der Waals surface area contributed by atoms with Crippen molar-refractivity contribution in [1.29, 1.82) is 0 Å². The smallest absolute Gasteiger partial charge is 0.318 e. The van der Waals surface area contributed by atoms with E-state index >= 15 is 0 Å². The van der Waals surface area contributed by atoms with Gasteiger partial charge in [0.15, 0.2) is 0 Å². The van der Waals surface area contributed by atoms with Gasteiger partial charge in [0, 0.05) is 11.9 Å². The average Bonchev–Trinajstić information content (AvgIpc) is 3.10. The Labute approximate surface area is 151 Å². The first-order valence-corrected chi connectivity index (χ1v) is 8.68. The number of benzene rings is 2. The SMILES string of the molecule is O=C1CC2c3cccn3-c3ccccc3CN2C(=O)N1c1ccccc1. The normalized spacial score (nSPS) is 18.8. The highest BCUT2D eigenvalue weighted by molar-refractivity contribution is 6.16. The molecule has 1 saturated heterocycles. The Morgan fingerprint density at radius 3 is 2.46 bits per heavy atom. The van der Waals surface area contributed by atoms with E-state index in [-0.39, 0.29) is 24.4 Å². The predicted molar refractivity (Wildman–Crippen MR) is 98.0 cm³/mol. The van der Waals surface area contributed by atoms with Gasteiger partial charge < -0.3 is 9.47 Å². The molecule has 0 saturated carbocycles. The van der Waals surface area contributed by atoms with Crippen molar-refractivity contribution in [2.24, 2.45) is 0 Å². The molecule has 2 aromatic carbocycles. The molecule has 5 heteroatoms. The van der Waals surface area contributed by atoms with Crippen LogP contribution in [0.3, 0.4) is 0 Å². The van der Waals surface area contributed by atoms with Gasteiger partial charge in [-0.15, -0.1) is 0 Å². The molecule has 0 aliphatic carbocycles. The van der Waals surface area contributed by atoms with Gasteiger partial charge in [0.2, 0.25) is 5.91 Å². The fourth-order valence-electron chi connectivity index (χ4n) is 3.96. The summed E-state index contributed by atoms with van der Waals surface area (Å²) in [5, 5.41) is 0. The summed E-state index contributed by atoms with van der Waals surface area (Å²) in [6.45, 7) is 0.484. The second-order valence-electron chi connectivity index (χ2n) is 6.63. The maximum atomic E-state index is 13.3. The van der Waals surface area contributed by atoms with Crippen LogP contribution in [-0.2, 0) is 11.3 Å². The van der Waals surface area contributed by atoms with E-state index < -0.39 is 0 Å². The van der Waals surface area contributed by atoms with E-state index in [2.05, 4.69) is 10.6 Å². The molecular formula is C21H17N3O2. The van der Waals surface area contributed by atoms with E-state index in [0.717, 1.165) is 16.9 Å². The molecule has 5 nitrogen and oxygen atoms in total. The summed E-state index contributed by atoms with van der Waals surface area (Å²) in [6, 6.07) is 20.7. The summed E-state index contributed by atoms with van der Waals surface area (Å²) in [6.07, 6.45) is 2.27. The van der Waals surface area contributed by atoms with E-state index in [1.165, 1.54) is 4.90 Å². The van der Waals surface area contributed by atoms with E-state index in [1.54, 1.807) is 12.1 Å². The number of urea groups is 1. The fourth-order valence-corrected chi connectivity index (χ4v) is 3.96. The number of carbonyl (C=O) groups excluding carboxylic acids is 2. The molecule has 128 valence electrons. The Morgan fingerprint density at radius 2 is 1.62 bits per heavy atom. The van der Waals surface area contributed by atoms with Gasteiger partial charge in [0.25, 0.3) is 0 Å². The Balaban J connectivity index is 1.64. The molecule has 2 aliphatic heterocycles. The van der Waals surface area contributed by atoms with Crippen LogP contribution in [0.2, 0.25) is 0 Å². The van der Waals surface area contributed by atoms with Crippen LogP contribution in [-0.4, -0.2) is 21.4 Å². The van der Waals surface area contributed by atoms with Crippen LogP contribution in [0.4, 0.5) is 10.5 Å². The monoisotopic (exact) mass is 343 g/mol. The van der Waals surface area contributed by atoms with Gasteiger partial charge in [-0.3, -0.25) is 4.79 Å². The van der Waals surface area contributed by atoms with Crippen molar-refractivity contribution in [3.8, 4) is 5.69 Å². The van der Waals surface area contributed by atoms with Crippen LogP contribution in [0.1, 0.15) is 23.7 Å². The van der Waals surface area contributed by atoms with Crippen molar-refractivity contribution in [3.05, 3.63) is 84.2 Å². The van der Waals surface area contributed by atoms with Crippen molar-refractivity contribution in [3.63, 3.8) is 0 Å². The number of para-hydroxylation sites is 2. The zero-order chi connectivity index (χ0) is 17.7. The number of imide groups is 1. The molecule has 5 rings (SSSR count). The van der Waals surface area contributed by atoms with Crippen LogP contribution in [0.15, 0.2) is 72.9 Å². The van der Waals surface area contributed by atoms with Crippen molar-refractivity contribution >= 4 is 17.6 Å². The lowest BCUT2D eigenvalue weighted by Gasteiger charge is -2.39. The molecule has 3 aromatic rings. The zero-order valence-corrected chi connectivity index (χ0v) is 14.1.